The summed E-state index contributed by atoms with van der Waals surface area (Å²) in [7, 11) is 6.54. The molecular formula is C22H27NO5. The number of anilines is 1. The third kappa shape index (κ3) is 6.01. The Morgan fingerprint density at radius 3 is 2.14 bits per heavy atom. The molecule has 0 aliphatic carbocycles. The van der Waals surface area contributed by atoms with Crippen LogP contribution in [-0.4, -0.2) is 46.9 Å². The lowest BCUT2D eigenvalue weighted by Gasteiger charge is -2.14. The number of rotatable bonds is 9. The molecule has 0 aliphatic rings. The van der Waals surface area contributed by atoms with Gasteiger partial charge in [-0.05, 0) is 41.8 Å². The molecule has 6 nitrogen and oxygen atoms in total. The number of hydrogen-bond donors (Lipinski definition) is 0. The van der Waals surface area contributed by atoms with Gasteiger partial charge >= 0.3 is 11.9 Å². The summed E-state index contributed by atoms with van der Waals surface area (Å²) in [6.07, 6.45) is 1.02. The van der Waals surface area contributed by atoms with Crippen LogP contribution in [0, 0.1) is 5.92 Å². The van der Waals surface area contributed by atoms with Crippen LogP contribution in [0.15, 0.2) is 48.5 Å². The Hall–Kier alpha value is -3.02. The third-order valence-electron chi connectivity index (χ3n) is 4.42. The first-order valence-electron chi connectivity index (χ1n) is 9.08. The second-order valence-electron chi connectivity index (χ2n) is 6.61. The Bertz CT molecular complexity index is 770. The third-order valence-corrected chi connectivity index (χ3v) is 4.42. The second-order valence-corrected chi connectivity index (χ2v) is 6.61. The molecule has 0 saturated heterocycles. The lowest BCUT2D eigenvalue weighted by molar-refractivity contribution is -0.158. The summed E-state index contributed by atoms with van der Waals surface area (Å²) in [5.74, 6) is -1.44. The molecule has 0 unspecified atom stereocenters. The summed E-state index contributed by atoms with van der Waals surface area (Å²) in [5.41, 5.74) is 3.20. The van der Waals surface area contributed by atoms with Crippen LogP contribution in [0.5, 0.6) is 5.75 Å². The van der Waals surface area contributed by atoms with Gasteiger partial charge in [0.05, 0.1) is 20.8 Å². The van der Waals surface area contributed by atoms with Crippen molar-refractivity contribution in [3.63, 3.8) is 0 Å². The van der Waals surface area contributed by atoms with Crippen molar-refractivity contribution in [2.75, 3.05) is 39.8 Å². The van der Waals surface area contributed by atoms with Crippen molar-refractivity contribution < 1.29 is 23.8 Å². The van der Waals surface area contributed by atoms with E-state index in [1.54, 1.807) is 0 Å². The summed E-state index contributed by atoms with van der Waals surface area (Å²) in [5, 5.41) is 0. The van der Waals surface area contributed by atoms with E-state index in [1.807, 2.05) is 44.4 Å². The highest BCUT2D eigenvalue weighted by Gasteiger charge is 2.28. The van der Waals surface area contributed by atoms with Crippen molar-refractivity contribution in [2.45, 2.75) is 12.8 Å². The van der Waals surface area contributed by atoms with Gasteiger partial charge in [0.15, 0.2) is 5.92 Å². The molecule has 2 rings (SSSR count). The number of hydrogen-bond acceptors (Lipinski definition) is 6. The quantitative estimate of drug-likeness (QED) is 0.489. The first kappa shape index (κ1) is 21.3. The SMILES string of the molecule is COC(=O)C(Cc1ccc(OCCc2cccc(N(C)C)c2)cc1)C(=O)OC. The number of methoxy groups -OCH3 is 2. The number of carbonyl (C=O) groups excluding carboxylic acids is 2. The standard InChI is InChI=1S/C22H27NO5/c1-23(2)18-7-5-6-16(14-18)12-13-28-19-10-8-17(9-11-19)15-20(21(24)26-3)22(25)27-4/h5-11,14,20H,12-13,15H2,1-4H3. The van der Waals surface area contributed by atoms with Crippen LogP contribution in [0.2, 0.25) is 0 Å². The minimum absolute atomic E-state index is 0.219. The molecule has 2 aromatic carbocycles. The van der Waals surface area contributed by atoms with Gasteiger partial charge in [0.1, 0.15) is 5.75 Å². The highest BCUT2D eigenvalue weighted by molar-refractivity contribution is 5.95. The molecule has 0 aromatic heterocycles. The Kier molecular flexibility index (Phi) is 7.87. The van der Waals surface area contributed by atoms with Gasteiger partial charge in [-0.2, -0.15) is 0 Å². The summed E-state index contributed by atoms with van der Waals surface area (Å²) in [6.45, 7) is 0.559. The van der Waals surface area contributed by atoms with E-state index in [0.29, 0.717) is 6.61 Å². The maximum Gasteiger partial charge on any atom is 0.320 e. The zero-order chi connectivity index (χ0) is 20.5. The predicted octanol–water partition coefficient (Wildman–Crippen LogP) is 2.88. The highest BCUT2D eigenvalue weighted by Crippen LogP contribution is 2.18. The summed E-state index contributed by atoms with van der Waals surface area (Å²) < 4.78 is 15.2. The molecule has 150 valence electrons. The lowest BCUT2D eigenvalue weighted by atomic mass is 9.99. The van der Waals surface area contributed by atoms with Gasteiger partial charge < -0.3 is 19.1 Å². The molecule has 6 heteroatoms. The molecule has 0 N–H and O–H groups in total. The normalized spacial score (nSPS) is 10.5. The number of esters is 2. The number of benzene rings is 2. The van der Waals surface area contributed by atoms with E-state index in [4.69, 9.17) is 4.74 Å². The Morgan fingerprint density at radius 2 is 1.57 bits per heavy atom. The fourth-order valence-electron chi connectivity index (χ4n) is 2.78. The van der Waals surface area contributed by atoms with E-state index in [0.717, 1.165) is 23.4 Å². The molecule has 0 spiro atoms. The van der Waals surface area contributed by atoms with Crippen molar-refractivity contribution in [2.24, 2.45) is 5.92 Å². The van der Waals surface area contributed by atoms with Crippen LogP contribution in [0.25, 0.3) is 0 Å². The Labute approximate surface area is 166 Å². The van der Waals surface area contributed by atoms with Gasteiger partial charge in [-0.3, -0.25) is 9.59 Å². The fraction of sp³-hybridized carbons (Fsp3) is 0.364. The first-order valence-corrected chi connectivity index (χ1v) is 9.08. The van der Waals surface area contributed by atoms with Crippen LogP contribution in [-0.2, 0) is 31.9 Å². The molecule has 28 heavy (non-hydrogen) atoms. The van der Waals surface area contributed by atoms with Crippen LogP contribution in [0.1, 0.15) is 11.1 Å². The van der Waals surface area contributed by atoms with Gasteiger partial charge in [0.25, 0.3) is 0 Å². The van der Waals surface area contributed by atoms with E-state index in [9.17, 15) is 9.59 Å². The molecule has 0 aliphatic heterocycles. The molecule has 2 aromatic rings. The van der Waals surface area contributed by atoms with E-state index in [1.165, 1.54) is 19.8 Å². The maximum absolute atomic E-state index is 11.8. The van der Waals surface area contributed by atoms with Gasteiger partial charge in [-0.1, -0.05) is 24.3 Å². The van der Waals surface area contributed by atoms with Gasteiger partial charge in [0.2, 0.25) is 0 Å². The van der Waals surface area contributed by atoms with Gasteiger partial charge in [-0.15, -0.1) is 0 Å². The van der Waals surface area contributed by atoms with Crippen LogP contribution in [0.4, 0.5) is 5.69 Å². The fourth-order valence-corrected chi connectivity index (χ4v) is 2.78. The average molecular weight is 385 g/mol. The molecule has 0 bridgehead atoms. The minimum atomic E-state index is -0.967. The minimum Gasteiger partial charge on any atom is -0.493 e. The molecule has 0 amide bonds. The number of carbonyl (C=O) groups is 2. The molecule has 0 atom stereocenters. The summed E-state index contributed by atoms with van der Waals surface area (Å²) in [6, 6.07) is 15.7. The first-order chi connectivity index (χ1) is 13.4. The van der Waals surface area contributed by atoms with Crippen molar-refractivity contribution in [3.8, 4) is 5.75 Å². The van der Waals surface area contributed by atoms with E-state index in [-0.39, 0.29) is 6.42 Å². The van der Waals surface area contributed by atoms with Crippen molar-refractivity contribution in [3.05, 3.63) is 59.7 Å². The van der Waals surface area contributed by atoms with Crippen LogP contribution >= 0.6 is 0 Å². The smallest absolute Gasteiger partial charge is 0.320 e. The monoisotopic (exact) mass is 385 g/mol. The van der Waals surface area contributed by atoms with E-state index >= 15 is 0 Å². The number of nitrogens with zero attached hydrogens (tertiary/aromatic N) is 1. The van der Waals surface area contributed by atoms with Crippen molar-refractivity contribution >= 4 is 17.6 Å². The topological polar surface area (TPSA) is 65.1 Å². The van der Waals surface area contributed by atoms with Crippen LogP contribution in [0.3, 0.4) is 0 Å². The summed E-state index contributed by atoms with van der Waals surface area (Å²) >= 11 is 0. The molecule has 0 radical (unpaired) electrons. The Balaban J connectivity index is 1.91. The largest absolute Gasteiger partial charge is 0.493 e. The Morgan fingerprint density at radius 1 is 0.929 bits per heavy atom. The molecular weight excluding hydrogens is 358 g/mol. The molecule has 0 saturated carbocycles. The predicted molar refractivity (Wildman–Crippen MR) is 108 cm³/mol. The lowest BCUT2D eigenvalue weighted by Crippen LogP contribution is -2.28. The second kappa shape index (κ2) is 10.3. The van der Waals surface area contributed by atoms with Gasteiger partial charge in [0, 0.05) is 26.2 Å². The van der Waals surface area contributed by atoms with E-state index < -0.39 is 17.9 Å². The average Bonchev–Trinajstić information content (AvgIpc) is 2.72. The zero-order valence-electron chi connectivity index (χ0n) is 16.8. The molecule has 0 heterocycles. The van der Waals surface area contributed by atoms with Crippen molar-refractivity contribution in [1.82, 2.24) is 0 Å². The number of ether oxygens (including phenoxy) is 3. The molecule has 0 fully saturated rings. The van der Waals surface area contributed by atoms with Crippen LogP contribution < -0.4 is 9.64 Å². The highest BCUT2D eigenvalue weighted by atomic mass is 16.5. The van der Waals surface area contributed by atoms with E-state index in [2.05, 4.69) is 32.6 Å². The zero-order valence-corrected chi connectivity index (χ0v) is 16.8. The summed E-state index contributed by atoms with van der Waals surface area (Å²) in [4.78, 5) is 25.6. The van der Waals surface area contributed by atoms with Crippen molar-refractivity contribution in [1.29, 1.82) is 0 Å². The maximum atomic E-state index is 11.8. The van der Waals surface area contributed by atoms with Gasteiger partial charge in [-0.25, -0.2) is 0 Å².